The molecule has 2 aliphatic heterocycles. The highest BCUT2D eigenvalue weighted by molar-refractivity contribution is 5.75. The van der Waals surface area contributed by atoms with E-state index in [4.69, 9.17) is 0 Å². The number of likely N-dealkylation sites (N-methyl/N-ethyl adjacent to an activating group) is 1. The van der Waals surface area contributed by atoms with Crippen LogP contribution in [0, 0.1) is 0 Å². The van der Waals surface area contributed by atoms with Crippen LogP contribution in [-0.4, -0.2) is 78.1 Å². The smallest absolute Gasteiger partial charge is 0.317 e. The van der Waals surface area contributed by atoms with E-state index in [-0.39, 0.29) is 6.03 Å². The number of urea groups is 1. The van der Waals surface area contributed by atoms with Crippen molar-refractivity contribution in [3.63, 3.8) is 0 Å². The lowest BCUT2D eigenvalue weighted by atomic mass is 9.98. The summed E-state index contributed by atoms with van der Waals surface area (Å²) in [6.07, 6.45) is 3.50. The topological polar surface area (TPSA) is 38.8 Å². The molecule has 0 aromatic rings. The average molecular weight is 310 g/mol. The van der Waals surface area contributed by atoms with Crippen molar-refractivity contribution in [1.82, 2.24) is 20.0 Å². The van der Waals surface area contributed by atoms with E-state index in [1.165, 1.54) is 6.42 Å². The fourth-order valence-electron chi connectivity index (χ4n) is 3.80. The predicted molar refractivity (Wildman–Crippen MR) is 91.2 cm³/mol. The van der Waals surface area contributed by atoms with Gasteiger partial charge >= 0.3 is 6.03 Å². The van der Waals surface area contributed by atoms with Gasteiger partial charge in [-0.25, -0.2) is 4.79 Å². The molecule has 0 saturated carbocycles. The second-order valence-electron chi connectivity index (χ2n) is 7.04. The molecule has 128 valence electrons. The van der Waals surface area contributed by atoms with Gasteiger partial charge in [-0.15, -0.1) is 0 Å². The largest absolute Gasteiger partial charge is 0.336 e. The number of amides is 2. The predicted octanol–water partition coefficient (Wildman–Crippen LogP) is 1.98. The van der Waals surface area contributed by atoms with Crippen LogP contribution >= 0.6 is 0 Å². The van der Waals surface area contributed by atoms with Gasteiger partial charge in [0.25, 0.3) is 0 Å². The standard InChI is InChI=1S/C17H34N4O/c1-5-19-9-11-20(12-10-19)16(4)13-18-17(22)21-14(2)7-6-8-15(21)3/h14-16H,5-13H2,1-4H3,(H,18,22)/t14-,15+,16-/m1/s1. The molecule has 3 atom stereocenters. The van der Waals surface area contributed by atoms with Crippen LogP contribution < -0.4 is 5.32 Å². The molecule has 0 aliphatic carbocycles. The number of hydrogen-bond donors (Lipinski definition) is 1. The highest BCUT2D eigenvalue weighted by atomic mass is 16.2. The third-order valence-corrected chi connectivity index (χ3v) is 5.45. The Bertz CT molecular complexity index is 345. The van der Waals surface area contributed by atoms with Crippen molar-refractivity contribution in [2.24, 2.45) is 0 Å². The number of likely N-dealkylation sites (tertiary alicyclic amines) is 1. The summed E-state index contributed by atoms with van der Waals surface area (Å²) in [6, 6.07) is 1.27. The van der Waals surface area contributed by atoms with E-state index in [1.807, 2.05) is 4.90 Å². The van der Waals surface area contributed by atoms with Gasteiger partial charge < -0.3 is 15.1 Å². The maximum Gasteiger partial charge on any atom is 0.317 e. The Morgan fingerprint density at radius 1 is 1.14 bits per heavy atom. The SMILES string of the molecule is CCN1CCN([C@H](C)CNC(=O)N2[C@H](C)CCC[C@@H]2C)CC1. The first-order valence-corrected chi connectivity index (χ1v) is 9.05. The Kier molecular flexibility index (Phi) is 6.50. The number of carbonyl (C=O) groups is 1. The maximum absolute atomic E-state index is 12.5. The van der Waals surface area contributed by atoms with Crippen LogP contribution in [-0.2, 0) is 0 Å². The van der Waals surface area contributed by atoms with Gasteiger partial charge in [0.15, 0.2) is 0 Å². The number of carbonyl (C=O) groups excluding carboxylic acids is 1. The summed E-state index contributed by atoms with van der Waals surface area (Å²) in [7, 11) is 0. The van der Waals surface area contributed by atoms with Crippen molar-refractivity contribution >= 4 is 6.03 Å². The van der Waals surface area contributed by atoms with Crippen LogP contribution in [0.25, 0.3) is 0 Å². The second kappa shape index (κ2) is 8.16. The minimum Gasteiger partial charge on any atom is -0.336 e. The van der Waals surface area contributed by atoms with Crippen LogP contribution in [0.15, 0.2) is 0 Å². The summed E-state index contributed by atoms with van der Waals surface area (Å²) in [5.41, 5.74) is 0. The van der Waals surface area contributed by atoms with Gasteiger partial charge in [0.1, 0.15) is 0 Å². The highest BCUT2D eigenvalue weighted by Gasteiger charge is 2.29. The van der Waals surface area contributed by atoms with Gasteiger partial charge in [-0.1, -0.05) is 6.92 Å². The number of piperazine rings is 1. The molecule has 2 heterocycles. The first-order chi connectivity index (χ1) is 10.5. The number of nitrogens with zero attached hydrogens (tertiary/aromatic N) is 3. The summed E-state index contributed by atoms with van der Waals surface area (Å²) in [4.78, 5) is 19.5. The van der Waals surface area contributed by atoms with Crippen molar-refractivity contribution in [3.05, 3.63) is 0 Å². The summed E-state index contributed by atoms with van der Waals surface area (Å²) in [5.74, 6) is 0. The monoisotopic (exact) mass is 310 g/mol. The summed E-state index contributed by atoms with van der Waals surface area (Å²) >= 11 is 0. The van der Waals surface area contributed by atoms with Gasteiger partial charge in [0, 0.05) is 50.8 Å². The van der Waals surface area contributed by atoms with Gasteiger partial charge in [-0.3, -0.25) is 4.90 Å². The molecule has 1 N–H and O–H groups in total. The first kappa shape index (κ1) is 17.5. The molecular formula is C17H34N4O. The van der Waals surface area contributed by atoms with Crippen molar-refractivity contribution in [2.45, 2.75) is 65.1 Å². The maximum atomic E-state index is 12.5. The van der Waals surface area contributed by atoms with Gasteiger partial charge in [0.05, 0.1) is 0 Å². The molecule has 2 amide bonds. The summed E-state index contributed by atoms with van der Waals surface area (Å²) < 4.78 is 0. The zero-order valence-corrected chi connectivity index (χ0v) is 14.8. The van der Waals surface area contributed by atoms with Crippen molar-refractivity contribution in [3.8, 4) is 0 Å². The zero-order valence-electron chi connectivity index (χ0n) is 14.8. The molecule has 2 fully saturated rings. The van der Waals surface area contributed by atoms with E-state index < -0.39 is 0 Å². The number of rotatable bonds is 4. The Morgan fingerprint density at radius 2 is 1.73 bits per heavy atom. The number of hydrogen-bond acceptors (Lipinski definition) is 3. The van der Waals surface area contributed by atoms with Crippen LogP contribution in [0.1, 0.15) is 47.0 Å². The highest BCUT2D eigenvalue weighted by Crippen LogP contribution is 2.22. The fraction of sp³-hybridized carbons (Fsp3) is 0.941. The summed E-state index contributed by atoms with van der Waals surface area (Å²) in [5, 5.41) is 3.17. The van der Waals surface area contributed by atoms with Crippen LogP contribution in [0.3, 0.4) is 0 Å². The first-order valence-electron chi connectivity index (χ1n) is 9.05. The van der Waals surface area contributed by atoms with Gasteiger partial charge in [0.2, 0.25) is 0 Å². The quantitative estimate of drug-likeness (QED) is 0.863. The van der Waals surface area contributed by atoms with Crippen LogP contribution in [0.4, 0.5) is 4.79 Å². The Labute approximate surface area is 136 Å². The lowest BCUT2D eigenvalue weighted by Gasteiger charge is -2.40. The minimum atomic E-state index is 0.124. The molecule has 22 heavy (non-hydrogen) atoms. The van der Waals surface area contributed by atoms with E-state index in [1.54, 1.807) is 0 Å². The fourth-order valence-corrected chi connectivity index (χ4v) is 3.80. The van der Waals surface area contributed by atoms with Crippen LogP contribution in [0.5, 0.6) is 0 Å². The van der Waals surface area contributed by atoms with Gasteiger partial charge in [-0.2, -0.15) is 0 Å². The van der Waals surface area contributed by atoms with Crippen molar-refractivity contribution < 1.29 is 4.79 Å². The molecular weight excluding hydrogens is 276 g/mol. The van der Waals surface area contributed by atoms with E-state index in [2.05, 4.69) is 42.8 Å². The Morgan fingerprint density at radius 3 is 2.27 bits per heavy atom. The van der Waals surface area contributed by atoms with E-state index in [0.717, 1.165) is 52.1 Å². The third kappa shape index (κ3) is 4.35. The zero-order chi connectivity index (χ0) is 16.1. The lowest BCUT2D eigenvalue weighted by Crippen LogP contribution is -2.55. The second-order valence-corrected chi connectivity index (χ2v) is 7.04. The molecule has 0 unspecified atom stereocenters. The van der Waals surface area contributed by atoms with Gasteiger partial charge in [-0.05, 0) is 46.6 Å². The molecule has 5 nitrogen and oxygen atoms in total. The molecule has 5 heteroatoms. The summed E-state index contributed by atoms with van der Waals surface area (Å²) in [6.45, 7) is 15.2. The normalized spacial score (nSPS) is 29.4. The molecule has 0 radical (unpaired) electrons. The Balaban J connectivity index is 1.76. The molecule has 0 aromatic heterocycles. The van der Waals surface area contributed by atoms with Crippen molar-refractivity contribution in [1.29, 1.82) is 0 Å². The van der Waals surface area contributed by atoms with Crippen molar-refractivity contribution in [2.75, 3.05) is 39.3 Å². The Hall–Kier alpha value is -0.810. The molecule has 2 aliphatic rings. The molecule has 2 saturated heterocycles. The number of piperidine rings is 1. The van der Waals surface area contributed by atoms with E-state index in [0.29, 0.717) is 18.1 Å². The molecule has 2 rings (SSSR count). The minimum absolute atomic E-state index is 0.124. The molecule has 0 aromatic carbocycles. The molecule has 0 bridgehead atoms. The third-order valence-electron chi connectivity index (χ3n) is 5.45. The molecule has 0 spiro atoms. The lowest BCUT2D eigenvalue weighted by molar-refractivity contribution is 0.0988. The van der Waals surface area contributed by atoms with E-state index >= 15 is 0 Å². The van der Waals surface area contributed by atoms with Crippen LogP contribution in [0.2, 0.25) is 0 Å². The average Bonchev–Trinajstić information content (AvgIpc) is 2.52. The van der Waals surface area contributed by atoms with E-state index in [9.17, 15) is 4.79 Å². The number of nitrogens with one attached hydrogen (secondary N) is 1.